The first-order valence-corrected chi connectivity index (χ1v) is 8.47. The average molecular weight is 364 g/mol. The second-order valence-corrected chi connectivity index (χ2v) is 8.56. The Morgan fingerprint density at radius 1 is 1.45 bits per heavy atom. The zero-order valence-electron chi connectivity index (χ0n) is 11.6. The van der Waals surface area contributed by atoms with E-state index >= 15 is 0 Å². The van der Waals surface area contributed by atoms with Crippen LogP contribution in [0.4, 0.5) is 0 Å². The monoisotopic (exact) mass is 363 g/mol. The van der Waals surface area contributed by atoms with Crippen LogP contribution >= 0.6 is 15.9 Å². The molecule has 0 amide bonds. The molecule has 20 heavy (non-hydrogen) atoms. The summed E-state index contributed by atoms with van der Waals surface area (Å²) in [6, 6.07) is 5.05. The minimum absolute atomic E-state index is 0.0775. The number of hydrogen-bond donors (Lipinski definition) is 1. The number of fused-ring (bicyclic) bond motifs is 1. The molecule has 1 aliphatic rings. The first-order valence-electron chi connectivity index (χ1n) is 6.24. The van der Waals surface area contributed by atoms with Crippen molar-refractivity contribution >= 4 is 26.0 Å². The third-order valence-electron chi connectivity index (χ3n) is 2.84. The molecule has 0 bridgehead atoms. The van der Waals surface area contributed by atoms with Gasteiger partial charge in [-0.25, -0.2) is 8.42 Å². The Balaban J connectivity index is 2.17. The van der Waals surface area contributed by atoms with E-state index < -0.39 is 21.9 Å². The number of ether oxygens (including phenoxy) is 1. The van der Waals surface area contributed by atoms with Gasteiger partial charge in [-0.05, 0) is 44.5 Å². The number of β-amino-alcohol motifs (C(OH)–C–C–N with tert-alkyl or cyclic N) is 1. The minimum Gasteiger partial charge on any atom is -0.367 e. The highest BCUT2D eigenvalue weighted by atomic mass is 79.9. The maximum Gasteiger partial charge on any atom is 0.243 e. The summed E-state index contributed by atoms with van der Waals surface area (Å²) in [4.78, 5) is 0.295. The number of rotatable bonds is 3. The first kappa shape index (κ1) is 15.9. The molecule has 1 heterocycles. The van der Waals surface area contributed by atoms with Crippen LogP contribution in [0, 0.1) is 0 Å². The van der Waals surface area contributed by atoms with Gasteiger partial charge in [-0.15, -0.1) is 0 Å². The summed E-state index contributed by atoms with van der Waals surface area (Å²) in [7, 11) is -3.54. The largest absolute Gasteiger partial charge is 0.367 e. The lowest BCUT2D eigenvalue weighted by molar-refractivity contribution is -0.168. The van der Waals surface area contributed by atoms with Gasteiger partial charge >= 0.3 is 0 Å². The van der Waals surface area contributed by atoms with Gasteiger partial charge in [0.2, 0.25) is 10.0 Å². The molecule has 1 atom stereocenters. The van der Waals surface area contributed by atoms with Crippen molar-refractivity contribution in [3.05, 3.63) is 28.2 Å². The predicted molar refractivity (Wildman–Crippen MR) is 78.6 cm³/mol. The van der Waals surface area contributed by atoms with Crippen LogP contribution in [0.1, 0.15) is 26.3 Å². The summed E-state index contributed by atoms with van der Waals surface area (Å²) in [6.07, 6.45) is -1.15. The molecule has 1 aliphatic heterocycles. The van der Waals surface area contributed by atoms with E-state index in [2.05, 4.69) is 15.9 Å². The van der Waals surface area contributed by atoms with E-state index in [1.807, 2.05) is 0 Å². The number of sulfonamides is 1. The van der Waals surface area contributed by atoms with Crippen LogP contribution in [0.5, 0.6) is 0 Å². The van der Waals surface area contributed by atoms with Crippen LogP contribution in [0.25, 0.3) is 0 Å². The van der Waals surface area contributed by atoms with Crippen LogP contribution < -0.4 is 0 Å². The van der Waals surface area contributed by atoms with Gasteiger partial charge in [-0.3, -0.25) is 0 Å². The molecule has 0 aliphatic carbocycles. The lowest BCUT2D eigenvalue weighted by atomic mass is 10.2. The maximum atomic E-state index is 12.3. The Morgan fingerprint density at radius 2 is 2.10 bits per heavy atom. The molecule has 0 aromatic heterocycles. The topological polar surface area (TPSA) is 66.8 Å². The van der Waals surface area contributed by atoms with Crippen molar-refractivity contribution < 1.29 is 18.3 Å². The quantitative estimate of drug-likeness (QED) is 0.834. The number of aliphatic hydroxyl groups is 1. The highest BCUT2D eigenvalue weighted by Crippen LogP contribution is 2.32. The van der Waals surface area contributed by atoms with E-state index in [1.165, 1.54) is 4.31 Å². The van der Waals surface area contributed by atoms with Crippen LogP contribution in [0.2, 0.25) is 0 Å². The van der Waals surface area contributed by atoms with Crippen molar-refractivity contribution in [3.63, 3.8) is 0 Å². The zero-order chi connectivity index (χ0) is 15.1. The standard InChI is InChI=1S/C13H18BrNO4S/c1-13(2,3)19-12(16)8-15-7-9-6-10(14)4-5-11(9)20(15,17)18/h4-6,12,16H,7-8H2,1-3H3. The van der Waals surface area contributed by atoms with E-state index in [1.54, 1.807) is 39.0 Å². The molecular formula is C13H18BrNO4S. The second-order valence-electron chi connectivity index (χ2n) is 5.73. The highest BCUT2D eigenvalue weighted by Gasteiger charge is 2.36. The third-order valence-corrected chi connectivity index (χ3v) is 5.24. The molecule has 5 nitrogen and oxygen atoms in total. The fraction of sp³-hybridized carbons (Fsp3) is 0.538. The Labute approximate surface area is 127 Å². The molecule has 1 N–H and O–H groups in total. The molecule has 1 aromatic rings. The lowest BCUT2D eigenvalue weighted by Crippen LogP contribution is -2.38. The Kier molecular flexibility index (Phi) is 4.28. The summed E-state index contributed by atoms with van der Waals surface area (Å²) in [5.74, 6) is 0. The van der Waals surface area contributed by atoms with E-state index in [9.17, 15) is 13.5 Å². The predicted octanol–water partition coefficient (Wildman–Crippen LogP) is 2.09. The van der Waals surface area contributed by atoms with E-state index in [-0.39, 0.29) is 13.1 Å². The Bertz CT molecular complexity index is 609. The molecule has 0 fully saturated rings. The fourth-order valence-corrected chi connectivity index (χ4v) is 4.13. The number of benzene rings is 1. The molecule has 0 radical (unpaired) electrons. The first-order chi connectivity index (χ1) is 9.09. The molecule has 2 rings (SSSR count). The van der Waals surface area contributed by atoms with Gasteiger partial charge in [0.1, 0.15) is 0 Å². The normalized spacial score (nSPS) is 19.9. The number of halogens is 1. The number of nitrogens with zero attached hydrogens (tertiary/aromatic N) is 1. The maximum absolute atomic E-state index is 12.3. The zero-order valence-corrected chi connectivity index (χ0v) is 14.0. The Morgan fingerprint density at radius 3 is 2.70 bits per heavy atom. The second kappa shape index (κ2) is 5.38. The van der Waals surface area contributed by atoms with Crippen molar-refractivity contribution in [2.75, 3.05) is 6.54 Å². The van der Waals surface area contributed by atoms with Gasteiger partial charge < -0.3 is 9.84 Å². The molecule has 112 valence electrons. The highest BCUT2D eigenvalue weighted by molar-refractivity contribution is 9.10. The summed E-state index contributed by atoms with van der Waals surface area (Å²) in [5.41, 5.74) is 0.195. The van der Waals surface area contributed by atoms with Crippen LogP contribution in [0.3, 0.4) is 0 Å². The summed E-state index contributed by atoms with van der Waals surface area (Å²) < 4.78 is 32.1. The van der Waals surface area contributed by atoms with Gasteiger partial charge in [-0.2, -0.15) is 4.31 Å². The fourth-order valence-electron chi connectivity index (χ4n) is 2.12. The van der Waals surface area contributed by atoms with Gasteiger partial charge in [0, 0.05) is 11.0 Å². The van der Waals surface area contributed by atoms with Gasteiger partial charge in [0.05, 0.1) is 17.0 Å². The van der Waals surface area contributed by atoms with Crippen LogP contribution in [-0.4, -0.2) is 36.3 Å². The number of aliphatic hydroxyl groups excluding tert-OH is 1. The van der Waals surface area contributed by atoms with E-state index in [4.69, 9.17) is 4.74 Å². The number of hydrogen-bond acceptors (Lipinski definition) is 4. The molecule has 0 saturated carbocycles. The van der Waals surface area contributed by atoms with Crippen LogP contribution in [-0.2, 0) is 21.3 Å². The lowest BCUT2D eigenvalue weighted by Gasteiger charge is -2.26. The average Bonchev–Trinajstić information content (AvgIpc) is 2.47. The molecular weight excluding hydrogens is 346 g/mol. The molecule has 7 heteroatoms. The van der Waals surface area contributed by atoms with Crippen molar-refractivity contribution in [1.29, 1.82) is 0 Å². The van der Waals surface area contributed by atoms with E-state index in [0.717, 1.165) is 10.0 Å². The van der Waals surface area contributed by atoms with Crippen molar-refractivity contribution in [3.8, 4) is 0 Å². The van der Waals surface area contributed by atoms with Gasteiger partial charge in [0.15, 0.2) is 6.29 Å². The van der Waals surface area contributed by atoms with Gasteiger partial charge in [-0.1, -0.05) is 15.9 Å². The smallest absolute Gasteiger partial charge is 0.243 e. The van der Waals surface area contributed by atoms with Gasteiger partial charge in [0.25, 0.3) is 0 Å². The minimum atomic E-state index is -3.54. The molecule has 1 aromatic carbocycles. The third kappa shape index (κ3) is 3.40. The van der Waals surface area contributed by atoms with Crippen molar-refractivity contribution in [1.82, 2.24) is 4.31 Å². The van der Waals surface area contributed by atoms with E-state index in [0.29, 0.717) is 4.90 Å². The summed E-state index contributed by atoms with van der Waals surface area (Å²) in [6.45, 7) is 5.59. The Hall–Kier alpha value is -0.470. The van der Waals surface area contributed by atoms with Crippen molar-refractivity contribution in [2.45, 2.75) is 44.1 Å². The summed E-state index contributed by atoms with van der Waals surface area (Å²) >= 11 is 3.33. The van der Waals surface area contributed by atoms with Crippen LogP contribution in [0.15, 0.2) is 27.6 Å². The molecule has 0 spiro atoms. The molecule has 0 saturated heterocycles. The summed E-state index contributed by atoms with van der Waals surface area (Å²) in [5, 5.41) is 9.87. The van der Waals surface area contributed by atoms with Crippen molar-refractivity contribution in [2.24, 2.45) is 0 Å². The molecule has 1 unspecified atom stereocenters. The SMILES string of the molecule is CC(C)(C)OC(O)CN1Cc2cc(Br)ccc2S1(=O)=O.